The normalized spacial score (nSPS) is 18.8. The summed E-state index contributed by atoms with van der Waals surface area (Å²) in [6, 6.07) is 15.9. The number of nitriles is 1. The van der Waals surface area contributed by atoms with Crippen LogP contribution in [0.25, 0.3) is 0 Å². The van der Waals surface area contributed by atoms with Crippen LogP contribution in [0, 0.1) is 11.3 Å². The van der Waals surface area contributed by atoms with E-state index in [9.17, 15) is 10.1 Å². The van der Waals surface area contributed by atoms with Gasteiger partial charge in [-0.2, -0.15) is 5.26 Å². The number of carbonyl (C=O) groups excluding carboxylic acids is 1. The molecule has 4 rings (SSSR count). The smallest absolute Gasteiger partial charge is 0.242 e. The highest BCUT2D eigenvalue weighted by molar-refractivity contribution is 5.83. The maximum Gasteiger partial charge on any atom is 0.242 e. The van der Waals surface area contributed by atoms with Crippen LogP contribution >= 0.6 is 0 Å². The number of carbonyl (C=O) groups is 1. The van der Waals surface area contributed by atoms with Crippen molar-refractivity contribution in [1.29, 1.82) is 5.26 Å². The van der Waals surface area contributed by atoms with Gasteiger partial charge in [0.25, 0.3) is 0 Å². The third-order valence-corrected chi connectivity index (χ3v) is 5.39. The van der Waals surface area contributed by atoms with E-state index in [1.165, 1.54) is 0 Å². The number of rotatable bonds is 5. The molecule has 1 aromatic heterocycles. The molecule has 1 saturated heterocycles. The van der Waals surface area contributed by atoms with Crippen LogP contribution in [0.5, 0.6) is 0 Å². The summed E-state index contributed by atoms with van der Waals surface area (Å²) in [6.07, 6.45) is 4.81. The molecule has 6 nitrogen and oxygen atoms in total. The van der Waals surface area contributed by atoms with E-state index in [0.29, 0.717) is 11.6 Å². The highest BCUT2D eigenvalue weighted by atomic mass is 16.2. The van der Waals surface area contributed by atoms with Crippen LogP contribution in [0.3, 0.4) is 0 Å². The lowest BCUT2D eigenvalue weighted by molar-refractivity contribution is -0.126. The summed E-state index contributed by atoms with van der Waals surface area (Å²) in [4.78, 5) is 21.9. The first-order chi connectivity index (χ1) is 13.8. The Kier molecular flexibility index (Phi) is 5.54. The van der Waals surface area contributed by atoms with E-state index in [-0.39, 0.29) is 11.9 Å². The molecule has 1 aliphatic carbocycles. The summed E-state index contributed by atoms with van der Waals surface area (Å²) in [5, 5.41) is 12.6. The van der Waals surface area contributed by atoms with Crippen LogP contribution in [-0.4, -0.2) is 48.0 Å². The molecule has 0 radical (unpaired) electrons. The molecule has 1 aliphatic heterocycles. The summed E-state index contributed by atoms with van der Waals surface area (Å²) in [5.41, 5.74) is 1.63. The Hall–Kier alpha value is -2.91. The Bertz CT molecular complexity index is 859. The number of aromatic nitrogens is 1. The first-order valence-electron chi connectivity index (χ1n) is 9.95. The van der Waals surface area contributed by atoms with Crippen molar-refractivity contribution in [3.8, 4) is 6.07 Å². The van der Waals surface area contributed by atoms with Gasteiger partial charge in [-0.3, -0.25) is 9.69 Å². The van der Waals surface area contributed by atoms with Gasteiger partial charge in [0.15, 0.2) is 0 Å². The molecule has 1 atom stereocenters. The number of benzene rings is 1. The van der Waals surface area contributed by atoms with Gasteiger partial charge in [-0.15, -0.1) is 0 Å². The van der Waals surface area contributed by atoms with Crippen molar-refractivity contribution >= 4 is 11.7 Å². The van der Waals surface area contributed by atoms with E-state index in [4.69, 9.17) is 0 Å². The third-order valence-electron chi connectivity index (χ3n) is 5.39. The van der Waals surface area contributed by atoms with E-state index >= 15 is 0 Å². The quantitative estimate of drug-likeness (QED) is 0.869. The van der Waals surface area contributed by atoms with Crippen molar-refractivity contribution in [2.75, 3.05) is 31.1 Å². The Morgan fingerprint density at radius 2 is 1.93 bits per heavy atom. The van der Waals surface area contributed by atoms with Gasteiger partial charge >= 0.3 is 0 Å². The molecule has 0 bridgehead atoms. The standard InChI is InChI=1S/C22H25N5O/c23-16-18-8-4-11-24-21(18)27-13-5-12-26(14-15-27)20(17-6-2-1-3-7-17)22(28)25-19-9-10-19/h1-4,6-8,11,19-20H,5,9-10,12-15H2,(H,25,28)/t20-/m1/s1. The largest absolute Gasteiger partial charge is 0.354 e. The van der Waals surface area contributed by atoms with Crippen LogP contribution in [0.2, 0.25) is 0 Å². The van der Waals surface area contributed by atoms with Gasteiger partial charge in [0.2, 0.25) is 5.91 Å². The lowest BCUT2D eigenvalue weighted by atomic mass is 10.0. The molecule has 144 valence electrons. The molecule has 1 amide bonds. The Morgan fingerprint density at radius 1 is 1.11 bits per heavy atom. The number of nitrogens with one attached hydrogen (secondary N) is 1. The fourth-order valence-corrected chi connectivity index (χ4v) is 3.81. The molecule has 6 heteroatoms. The Morgan fingerprint density at radius 3 is 2.68 bits per heavy atom. The predicted octanol–water partition coefficient (Wildman–Crippen LogP) is 2.49. The zero-order valence-corrected chi connectivity index (χ0v) is 15.9. The van der Waals surface area contributed by atoms with Crippen molar-refractivity contribution in [2.24, 2.45) is 0 Å². The highest BCUT2D eigenvalue weighted by Crippen LogP contribution is 2.27. The SMILES string of the molecule is N#Cc1cccnc1N1CCCN([C@@H](C(=O)NC2CC2)c2ccccc2)CC1. The Labute approximate surface area is 165 Å². The lowest BCUT2D eigenvalue weighted by Crippen LogP contribution is -2.43. The molecule has 28 heavy (non-hydrogen) atoms. The van der Waals surface area contributed by atoms with E-state index in [1.807, 2.05) is 30.3 Å². The van der Waals surface area contributed by atoms with Gasteiger partial charge in [-0.1, -0.05) is 30.3 Å². The topological polar surface area (TPSA) is 72.3 Å². The van der Waals surface area contributed by atoms with E-state index in [2.05, 4.69) is 26.2 Å². The van der Waals surface area contributed by atoms with Gasteiger partial charge in [0.1, 0.15) is 17.9 Å². The van der Waals surface area contributed by atoms with Gasteiger partial charge in [0, 0.05) is 38.4 Å². The number of nitrogens with zero attached hydrogens (tertiary/aromatic N) is 4. The predicted molar refractivity (Wildman–Crippen MR) is 108 cm³/mol. The van der Waals surface area contributed by atoms with Crippen LogP contribution in [0.1, 0.15) is 36.4 Å². The first-order valence-corrected chi connectivity index (χ1v) is 9.95. The van der Waals surface area contributed by atoms with E-state index in [1.54, 1.807) is 18.3 Å². The molecule has 0 unspecified atom stereocenters. The molecule has 1 saturated carbocycles. The van der Waals surface area contributed by atoms with E-state index < -0.39 is 0 Å². The van der Waals surface area contributed by atoms with Gasteiger partial charge < -0.3 is 10.2 Å². The minimum Gasteiger partial charge on any atom is -0.354 e. The van der Waals surface area contributed by atoms with Gasteiger partial charge in [-0.25, -0.2) is 4.98 Å². The molecule has 2 fully saturated rings. The average molecular weight is 375 g/mol. The highest BCUT2D eigenvalue weighted by Gasteiger charge is 2.33. The lowest BCUT2D eigenvalue weighted by Gasteiger charge is -2.30. The van der Waals surface area contributed by atoms with E-state index in [0.717, 1.165) is 56.8 Å². The van der Waals surface area contributed by atoms with Crippen molar-refractivity contribution in [2.45, 2.75) is 31.3 Å². The summed E-state index contributed by atoms with van der Waals surface area (Å²) in [6.45, 7) is 3.15. The molecular formula is C22H25N5O. The number of pyridine rings is 1. The fraction of sp³-hybridized carbons (Fsp3) is 0.409. The molecule has 2 heterocycles. The van der Waals surface area contributed by atoms with Crippen LogP contribution in [0.15, 0.2) is 48.7 Å². The average Bonchev–Trinajstić information content (AvgIpc) is 3.56. The second-order valence-electron chi connectivity index (χ2n) is 7.46. The zero-order valence-electron chi connectivity index (χ0n) is 15.9. The zero-order chi connectivity index (χ0) is 19.3. The second kappa shape index (κ2) is 8.41. The molecule has 0 spiro atoms. The second-order valence-corrected chi connectivity index (χ2v) is 7.46. The van der Waals surface area contributed by atoms with Crippen molar-refractivity contribution in [3.63, 3.8) is 0 Å². The van der Waals surface area contributed by atoms with Crippen molar-refractivity contribution in [3.05, 3.63) is 59.8 Å². The number of hydrogen-bond donors (Lipinski definition) is 1. The minimum atomic E-state index is -0.277. The molecule has 2 aliphatic rings. The fourth-order valence-electron chi connectivity index (χ4n) is 3.81. The van der Waals surface area contributed by atoms with Crippen molar-refractivity contribution < 1.29 is 4.79 Å². The van der Waals surface area contributed by atoms with Crippen molar-refractivity contribution in [1.82, 2.24) is 15.2 Å². The minimum absolute atomic E-state index is 0.0951. The summed E-state index contributed by atoms with van der Waals surface area (Å²) >= 11 is 0. The molecule has 1 aromatic carbocycles. The maximum absolute atomic E-state index is 13.0. The molecule has 2 aromatic rings. The van der Waals surface area contributed by atoms with Crippen LogP contribution < -0.4 is 10.2 Å². The van der Waals surface area contributed by atoms with Crippen LogP contribution in [0.4, 0.5) is 5.82 Å². The monoisotopic (exact) mass is 375 g/mol. The third kappa shape index (κ3) is 4.15. The summed E-state index contributed by atoms with van der Waals surface area (Å²) < 4.78 is 0. The van der Waals surface area contributed by atoms with Crippen LogP contribution in [-0.2, 0) is 4.79 Å². The molecule has 1 N–H and O–H groups in total. The Balaban J connectivity index is 1.53. The maximum atomic E-state index is 13.0. The summed E-state index contributed by atoms with van der Waals surface area (Å²) in [7, 11) is 0. The van der Waals surface area contributed by atoms with Gasteiger partial charge in [-0.05, 0) is 37.0 Å². The first kappa shape index (κ1) is 18.5. The molecular weight excluding hydrogens is 350 g/mol. The number of hydrogen-bond acceptors (Lipinski definition) is 5. The summed E-state index contributed by atoms with van der Waals surface area (Å²) in [5.74, 6) is 0.836. The number of anilines is 1. The number of amides is 1. The van der Waals surface area contributed by atoms with Gasteiger partial charge in [0.05, 0.1) is 5.56 Å².